The van der Waals surface area contributed by atoms with Crippen LogP contribution in [0.2, 0.25) is 0 Å². The van der Waals surface area contributed by atoms with Crippen molar-refractivity contribution in [2.45, 2.75) is 52.6 Å². The summed E-state index contributed by atoms with van der Waals surface area (Å²) < 4.78 is 5.23. The number of ether oxygens (including phenoxy) is 1. The first-order valence-electron chi connectivity index (χ1n) is 8.51. The predicted molar refractivity (Wildman–Crippen MR) is 93.8 cm³/mol. The Kier molecular flexibility index (Phi) is 5.65. The van der Waals surface area contributed by atoms with E-state index in [1.807, 2.05) is 25.1 Å². The van der Waals surface area contributed by atoms with Gasteiger partial charge in [0.2, 0.25) is 5.91 Å². The summed E-state index contributed by atoms with van der Waals surface area (Å²) in [6.45, 7) is 8.93. The van der Waals surface area contributed by atoms with E-state index in [1.54, 1.807) is 20.8 Å². The van der Waals surface area contributed by atoms with E-state index in [4.69, 9.17) is 4.74 Å². The first-order chi connectivity index (χ1) is 11.2. The van der Waals surface area contributed by atoms with Crippen molar-refractivity contribution in [2.24, 2.45) is 5.41 Å². The molecule has 2 N–H and O–H groups in total. The first kappa shape index (κ1) is 18.5. The molecular weight excluding hydrogens is 304 g/mol. The third-order valence-electron chi connectivity index (χ3n) is 4.28. The summed E-state index contributed by atoms with van der Waals surface area (Å²) in [6, 6.07) is 8.19. The van der Waals surface area contributed by atoms with Gasteiger partial charge in [-0.2, -0.15) is 0 Å². The molecule has 2 rings (SSSR count). The van der Waals surface area contributed by atoms with Gasteiger partial charge in [-0.1, -0.05) is 29.8 Å². The summed E-state index contributed by atoms with van der Waals surface area (Å²) in [7, 11) is 0. The molecule has 0 saturated carbocycles. The minimum Gasteiger partial charge on any atom is -0.444 e. The Labute approximate surface area is 144 Å². The number of hydrogen-bond donors (Lipinski definition) is 2. The average molecular weight is 332 g/mol. The highest BCUT2D eigenvalue weighted by molar-refractivity contribution is 5.95. The maximum absolute atomic E-state index is 12.9. The van der Waals surface area contributed by atoms with E-state index in [1.165, 1.54) is 5.56 Å². The van der Waals surface area contributed by atoms with E-state index in [9.17, 15) is 9.59 Å². The number of benzene rings is 1. The smallest absolute Gasteiger partial charge is 0.414 e. The van der Waals surface area contributed by atoms with Crippen LogP contribution in [-0.4, -0.2) is 30.7 Å². The van der Waals surface area contributed by atoms with Gasteiger partial charge in [0.15, 0.2) is 0 Å². The fourth-order valence-corrected chi connectivity index (χ4v) is 3.13. The molecule has 0 radical (unpaired) electrons. The second-order valence-electron chi connectivity index (χ2n) is 7.65. The summed E-state index contributed by atoms with van der Waals surface area (Å²) >= 11 is 0. The Bertz CT molecular complexity index is 599. The molecule has 1 heterocycles. The summed E-state index contributed by atoms with van der Waals surface area (Å²) in [5.74, 6) is -0.236. The number of piperidine rings is 1. The van der Waals surface area contributed by atoms with Crippen LogP contribution in [0.15, 0.2) is 24.3 Å². The topological polar surface area (TPSA) is 67.4 Å². The highest BCUT2D eigenvalue weighted by atomic mass is 16.6. The predicted octanol–water partition coefficient (Wildman–Crippen LogP) is 2.96. The lowest BCUT2D eigenvalue weighted by molar-refractivity contribution is -0.132. The highest BCUT2D eigenvalue weighted by Crippen LogP contribution is 2.33. The average Bonchev–Trinajstić information content (AvgIpc) is 2.46. The van der Waals surface area contributed by atoms with Crippen LogP contribution in [0.3, 0.4) is 0 Å². The van der Waals surface area contributed by atoms with E-state index in [-0.39, 0.29) is 5.91 Å². The molecule has 0 unspecified atom stereocenters. The van der Waals surface area contributed by atoms with Gasteiger partial charge in [-0.15, -0.1) is 0 Å². The molecule has 0 bridgehead atoms. The van der Waals surface area contributed by atoms with Gasteiger partial charge in [-0.3, -0.25) is 10.1 Å². The number of carbonyl (C=O) groups excluding carboxylic acids is 2. The van der Waals surface area contributed by atoms with Crippen molar-refractivity contribution in [3.8, 4) is 0 Å². The number of carbonyl (C=O) groups is 2. The van der Waals surface area contributed by atoms with Crippen LogP contribution in [0.4, 0.5) is 4.79 Å². The number of rotatable bonds is 3. The van der Waals surface area contributed by atoms with Gasteiger partial charge in [-0.25, -0.2) is 4.79 Å². The molecule has 1 aromatic carbocycles. The quantitative estimate of drug-likeness (QED) is 0.893. The molecule has 1 fully saturated rings. The number of aryl methyl sites for hydroxylation is 1. The molecule has 0 aliphatic carbocycles. The third kappa shape index (κ3) is 5.06. The van der Waals surface area contributed by atoms with E-state index in [0.717, 1.165) is 18.7 Å². The lowest BCUT2D eigenvalue weighted by Crippen LogP contribution is -2.51. The normalized spacial score (nSPS) is 17.2. The van der Waals surface area contributed by atoms with Crippen LogP contribution in [-0.2, 0) is 16.0 Å². The maximum atomic E-state index is 12.9. The van der Waals surface area contributed by atoms with Gasteiger partial charge < -0.3 is 10.1 Å². The van der Waals surface area contributed by atoms with Crippen molar-refractivity contribution in [1.29, 1.82) is 0 Å². The summed E-state index contributed by atoms with van der Waals surface area (Å²) in [6.07, 6.45) is 1.37. The molecule has 0 aromatic heterocycles. The standard InChI is InChI=1S/C19H28N2O3/c1-14-6-5-7-15(12-14)13-19(8-10-20-11-9-19)16(22)21-17(23)24-18(2,3)4/h5-7,12,20H,8-11,13H2,1-4H3,(H,21,22,23). The minimum atomic E-state index is -0.672. The number of alkyl carbamates (subject to hydrolysis) is 1. The number of nitrogens with one attached hydrogen (secondary N) is 2. The third-order valence-corrected chi connectivity index (χ3v) is 4.28. The van der Waals surface area contributed by atoms with Crippen molar-refractivity contribution < 1.29 is 14.3 Å². The second-order valence-corrected chi connectivity index (χ2v) is 7.65. The first-order valence-corrected chi connectivity index (χ1v) is 8.51. The number of imide groups is 1. The largest absolute Gasteiger partial charge is 0.444 e. The van der Waals surface area contributed by atoms with Gasteiger partial charge in [0, 0.05) is 0 Å². The van der Waals surface area contributed by atoms with E-state index in [0.29, 0.717) is 19.3 Å². The van der Waals surface area contributed by atoms with Gasteiger partial charge in [0.05, 0.1) is 5.41 Å². The van der Waals surface area contributed by atoms with Gasteiger partial charge in [0.1, 0.15) is 5.60 Å². The molecule has 5 heteroatoms. The van der Waals surface area contributed by atoms with Gasteiger partial charge in [0.25, 0.3) is 0 Å². The van der Waals surface area contributed by atoms with Crippen molar-refractivity contribution in [3.63, 3.8) is 0 Å². The van der Waals surface area contributed by atoms with Crippen LogP contribution in [0.5, 0.6) is 0 Å². The van der Waals surface area contributed by atoms with Crippen LogP contribution in [0, 0.1) is 12.3 Å². The second kappa shape index (κ2) is 7.34. The molecule has 1 saturated heterocycles. The molecule has 132 valence electrons. The van der Waals surface area contributed by atoms with Crippen molar-refractivity contribution in [3.05, 3.63) is 35.4 Å². The van der Waals surface area contributed by atoms with Crippen molar-refractivity contribution >= 4 is 12.0 Å². The minimum absolute atomic E-state index is 0.236. The SMILES string of the molecule is Cc1cccc(CC2(C(=O)NC(=O)OC(C)(C)C)CCNCC2)c1. The molecule has 0 atom stereocenters. The summed E-state index contributed by atoms with van der Waals surface area (Å²) in [5, 5.41) is 5.74. The van der Waals surface area contributed by atoms with Gasteiger partial charge in [-0.05, 0) is 65.6 Å². The zero-order chi connectivity index (χ0) is 17.8. The number of hydrogen-bond acceptors (Lipinski definition) is 4. The molecule has 2 amide bonds. The molecule has 1 aliphatic rings. The van der Waals surface area contributed by atoms with Crippen LogP contribution < -0.4 is 10.6 Å². The van der Waals surface area contributed by atoms with E-state index < -0.39 is 17.1 Å². The molecule has 0 spiro atoms. The fourth-order valence-electron chi connectivity index (χ4n) is 3.13. The van der Waals surface area contributed by atoms with Crippen LogP contribution in [0.25, 0.3) is 0 Å². The molecule has 24 heavy (non-hydrogen) atoms. The number of amides is 2. The Morgan fingerprint density at radius 2 is 1.92 bits per heavy atom. The zero-order valence-electron chi connectivity index (χ0n) is 15.1. The van der Waals surface area contributed by atoms with Crippen molar-refractivity contribution in [1.82, 2.24) is 10.6 Å². The van der Waals surface area contributed by atoms with Crippen molar-refractivity contribution in [2.75, 3.05) is 13.1 Å². The zero-order valence-corrected chi connectivity index (χ0v) is 15.1. The van der Waals surface area contributed by atoms with Crippen LogP contribution >= 0.6 is 0 Å². The summed E-state index contributed by atoms with van der Waals surface area (Å²) in [5.41, 5.74) is 1.10. The Morgan fingerprint density at radius 1 is 1.25 bits per heavy atom. The highest BCUT2D eigenvalue weighted by Gasteiger charge is 2.40. The monoisotopic (exact) mass is 332 g/mol. The van der Waals surface area contributed by atoms with E-state index in [2.05, 4.69) is 16.7 Å². The molecular formula is C19H28N2O3. The fraction of sp³-hybridized carbons (Fsp3) is 0.579. The molecule has 1 aromatic rings. The lowest BCUT2D eigenvalue weighted by Gasteiger charge is -2.36. The molecule has 1 aliphatic heterocycles. The van der Waals surface area contributed by atoms with Crippen LogP contribution in [0.1, 0.15) is 44.7 Å². The Morgan fingerprint density at radius 3 is 2.50 bits per heavy atom. The maximum Gasteiger partial charge on any atom is 0.414 e. The van der Waals surface area contributed by atoms with Gasteiger partial charge >= 0.3 is 6.09 Å². The van der Waals surface area contributed by atoms with E-state index >= 15 is 0 Å². The molecule has 5 nitrogen and oxygen atoms in total. The summed E-state index contributed by atoms with van der Waals surface area (Å²) in [4.78, 5) is 24.9. The Balaban J connectivity index is 2.14. The Hall–Kier alpha value is -1.88. The lowest BCUT2D eigenvalue weighted by atomic mass is 9.73.